The van der Waals surface area contributed by atoms with E-state index in [9.17, 15) is 4.39 Å². The Balaban J connectivity index is 2.12. The summed E-state index contributed by atoms with van der Waals surface area (Å²) in [6.07, 6.45) is 7.48. The van der Waals surface area contributed by atoms with Crippen molar-refractivity contribution >= 4 is 11.6 Å². The summed E-state index contributed by atoms with van der Waals surface area (Å²) in [6.45, 7) is 5.43. The second-order valence-electron chi connectivity index (χ2n) is 6.29. The number of benzene rings is 1. The van der Waals surface area contributed by atoms with Gasteiger partial charge in [0.1, 0.15) is 5.82 Å². The van der Waals surface area contributed by atoms with Crippen molar-refractivity contribution in [3.8, 4) is 0 Å². The average molecular weight is 312 g/mol. The first kappa shape index (κ1) is 16.8. The summed E-state index contributed by atoms with van der Waals surface area (Å²) in [6, 6.07) is 5.53. The molecule has 0 bridgehead atoms. The predicted molar refractivity (Wildman–Crippen MR) is 88.2 cm³/mol. The van der Waals surface area contributed by atoms with Crippen LogP contribution in [0.15, 0.2) is 18.2 Å². The molecule has 1 nitrogen and oxygen atoms in total. The zero-order valence-electron chi connectivity index (χ0n) is 13.2. The fraction of sp³-hybridized carbons (Fsp3) is 0.667. The fourth-order valence-corrected chi connectivity index (χ4v) is 3.61. The first-order chi connectivity index (χ1) is 10.2. The minimum atomic E-state index is -0.306. The SMILES string of the molecule is CCCNC(c1ccc(Cl)c(F)c1)C1CCC(CC)CC1. The van der Waals surface area contributed by atoms with Crippen molar-refractivity contribution in [3.63, 3.8) is 0 Å². The van der Waals surface area contributed by atoms with Crippen LogP contribution < -0.4 is 5.32 Å². The Morgan fingerprint density at radius 2 is 1.95 bits per heavy atom. The van der Waals surface area contributed by atoms with E-state index in [0.717, 1.165) is 24.4 Å². The molecule has 1 N–H and O–H groups in total. The van der Waals surface area contributed by atoms with Crippen molar-refractivity contribution in [3.05, 3.63) is 34.6 Å². The quantitative estimate of drug-likeness (QED) is 0.706. The van der Waals surface area contributed by atoms with Gasteiger partial charge in [0, 0.05) is 6.04 Å². The molecule has 1 aliphatic rings. The number of rotatable bonds is 6. The van der Waals surface area contributed by atoms with Crippen LogP contribution in [-0.4, -0.2) is 6.54 Å². The summed E-state index contributed by atoms with van der Waals surface area (Å²) in [5.41, 5.74) is 1.05. The number of hydrogen-bond acceptors (Lipinski definition) is 1. The third-order valence-electron chi connectivity index (χ3n) is 4.86. The lowest BCUT2D eigenvalue weighted by molar-refractivity contribution is 0.218. The van der Waals surface area contributed by atoms with Gasteiger partial charge in [-0.25, -0.2) is 4.39 Å². The monoisotopic (exact) mass is 311 g/mol. The third kappa shape index (κ3) is 4.43. The van der Waals surface area contributed by atoms with Crippen molar-refractivity contribution in [2.75, 3.05) is 6.54 Å². The molecule has 1 saturated carbocycles. The minimum Gasteiger partial charge on any atom is -0.310 e. The number of hydrogen-bond donors (Lipinski definition) is 1. The van der Waals surface area contributed by atoms with Crippen LogP contribution in [-0.2, 0) is 0 Å². The molecule has 1 unspecified atom stereocenters. The van der Waals surface area contributed by atoms with E-state index in [4.69, 9.17) is 11.6 Å². The lowest BCUT2D eigenvalue weighted by atomic mass is 9.76. The van der Waals surface area contributed by atoms with Gasteiger partial charge in [-0.05, 0) is 55.3 Å². The molecule has 0 aromatic heterocycles. The fourth-order valence-electron chi connectivity index (χ4n) is 3.49. The van der Waals surface area contributed by atoms with Crippen molar-refractivity contribution in [2.24, 2.45) is 11.8 Å². The molecule has 0 radical (unpaired) electrons. The Bertz CT molecular complexity index is 441. The lowest BCUT2D eigenvalue weighted by Gasteiger charge is -2.34. The van der Waals surface area contributed by atoms with Gasteiger partial charge in [0.2, 0.25) is 0 Å². The molecular formula is C18H27ClFN. The molecule has 0 saturated heterocycles. The van der Waals surface area contributed by atoms with Gasteiger partial charge < -0.3 is 5.32 Å². The first-order valence-electron chi connectivity index (χ1n) is 8.34. The van der Waals surface area contributed by atoms with Gasteiger partial charge in [0.25, 0.3) is 0 Å². The second kappa shape index (κ2) is 8.14. The van der Waals surface area contributed by atoms with Crippen molar-refractivity contribution in [1.82, 2.24) is 5.32 Å². The van der Waals surface area contributed by atoms with Gasteiger partial charge in [-0.2, -0.15) is 0 Å². The van der Waals surface area contributed by atoms with Crippen molar-refractivity contribution < 1.29 is 4.39 Å². The average Bonchev–Trinajstić information content (AvgIpc) is 2.51. The van der Waals surface area contributed by atoms with Crippen LogP contribution in [0.4, 0.5) is 4.39 Å². The normalized spacial score (nSPS) is 24.0. The summed E-state index contributed by atoms with van der Waals surface area (Å²) in [4.78, 5) is 0. The Morgan fingerprint density at radius 3 is 2.52 bits per heavy atom. The van der Waals surface area contributed by atoms with Crippen LogP contribution >= 0.6 is 11.6 Å². The highest BCUT2D eigenvalue weighted by Crippen LogP contribution is 2.38. The van der Waals surface area contributed by atoms with E-state index in [2.05, 4.69) is 19.2 Å². The Kier molecular flexibility index (Phi) is 6.50. The van der Waals surface area contributed by atoms with E-state index in [-0.39, 0.29) is 16.9 Å². The maximum atomic E-state index is 13.8. The molecule has 21 heavy (non-hydrogen) atoms. The molecule has 1 aromatic rings. The second-order valence-corrected chi connectivity index (χ2v) is 6.70. The van der Waals surface area contributed by atoms with Crippen LogP contribution in [0, 0.1) is 17.7 Å². The third-order valence-corrected chi connectivity index (χ3v) is 5.16. The number of nitrogens with one attached hydrogen (secondary N) is 1. The van der Waals surface area contributed by atoms with Gasteiger partial charge in [0.05, 0.1) is 5.02 Å². The van der Waals surface area contributed by atoms with E-state index >= 15 is 0 Å². The maximum Gasteiger partial charge on any atom is 0.142 e. The minimum absolute atomic E-state index is 0.211. The zero-order chi connectivity index (χ0) is 15.2. The molecule has 1 aromatic carbocycles. The van der Waals surface area contributed by atoms with Crippen LogP contribution in [0.25, 0.3) is 0 Å². The topological polar surface area (TPSA) is 12.0 Å². The molecule has 0 aliphatic heterocycles. The van der Waals surface area contributed by atoms with E-state index in [1.807, 2.05) is 6.07 Å². The summed E-state index contributed by atoms with van der Waals surface area (Å²) >= 11 is 5.82. The highest BCUT2D eigenvalue weighted by Gasteiger charge is 2.28. The van der Waals surface area contributed by atoms with Gasteiger partial charge >= 0.3 is 0 Å². The lowest BCUT2D eigenvalue weighted by Crippen LogP contribution is -2.31. The van der Waals surface area contributed by atoms with Gasteiger partial charge in [-0.1, -0.05) is 50.8 Å². The maximum absolute atomic E-state index is 13.8. The Hall–Kier alpha value is -0.600. The summed E-state index contributed by atoms with van der Waals surface area (Å²) in [5.74, 6) is 1.19. The predicted octanol–water partition coefficient (Wildman–Crippen LogP) is 5.74. The molecule has 3 heteroatoms. The highest BCUT2D eigenvalue weighted by molar-refractivity contribution is 6.30. The molecule has 1 fully saturated rings. The molecule has 0 heterocycles. The Morgan fingerprint density at radius 1 is 1.24 bits per heavy atom. The van der Waals surface area contributed by atoms with E-state index in [0.29, 0.717) is 5.92 Å². The first-order valence-corrected chi connectivity index (χ1v) is 8.71. The van der Waals surface area contributed by atoms with E-state index in [1.54, 1.807) is 12.1 Å². The summed E-state index contributed by atoms with van der Waals surface area (Å²) < 4.78 is 13.8. The van der Waals surface area contributed by atoms with Gasteiger partial charge in [-0.15, -0.1) is 0 Å². The number of halogens is 2. The summed E-state index contributed by atoms with van der Waals surface area (Å²) in [5, 5.41) is 3.84. The molecule has 2 rings (SSSR count). The van der Waals surface area contributed by atoms with E-state index < -0.39 is 0 Å². The van der Waals surface area contributed by atoms with Crippen LogP contribution in [0.3, 0.4) is 0 Å². The standard InChI is InChI=1S/C18H27ClFN/c1-3-11-21-18(14-7-5-13(4-2)6-8-14)15-9-10-16(19)17(20)12-15/h9-10,12-14,18,21H,3-8,11H2,1-2H3. The highest BCUT2D eigenvalue weighted by atomic mass is 35.5. The Labute approximate surface area is 133 Å². The molecule has 1 atom stereocenters. The summed E-state index contributed by atoms with van der Waals surface area (Å²) in [7, 11) is 0. The van der Waals surface area contributed by atoms with Crippen LogP contribution in [0.5, 0.6) is 0 Å². The van der Waals surface area contributed by atoms with Crippen molar-refractivity contribution in [1.29, 1.82) is 0 Å². The van der Waals surface area contributed by atoms with Gasteiger partial charge in [-0.3, -0.25) is 0 Å². The van der Waals surface area contributed by atoms with Crippen molar-refractivity contribution in [2.45, 2.75) is 58.4 Å². The van der Waals surface area contributed by atoms with Crippen LogP contribution in [0.2, 0.25) is 5.02 Å². The zero-order valence-corrected chi connectivity index (χ0v) is 13.9. The van der Waals surface area contributed by atoms with Gasteiger partial charge in [0.15, 0.2) is 0 Å². The molecule has 0 spiro atoms. The van der Waals surface area contributed by atoms with Crippen LogP contribution in [0.1, 0.15) is 64.0 Å². The molecule has 1 aliphatic carbocycles. The van der Waals surface area contributed by atoms with E-state index in [1.165, 1.54) is 32.1 Å². The largest absolute Gasteiger partial charge is 0.310 e. The molecular weight excluding hydrogens is 285 g/mol. The molecule has 0 amide bonds. The molecule has 118 valence electrons. The smallest absolute Gasteiger partial charge is 0.142 e.